The van der Waals surface area contributed by atoms with E-state index in [1.165, 1.54) is 4.88 Å². The maximum Gasteiger partial charge on any atom is 0.201 e. The van der Waals surface area contributed by atoms with Gasteiger partial charge in [-0.3, -0.25) is 0 Å². The number of rotatable bonds is 2. The van der Waals surface area contributed by atoms with E-state index in [-0.39, 0.29) is 6.17 Å². The second kappa shape index (κ2) is 4.65. The number of guanidine groups is 1. The van der Waals surface area contributed by atoms with Crippen molar-refractivity contribution in [2.24, 2.45) is 9.98 Å². The van der Waals surface area contributed by atoms with E-state index in [1.54, 1.807) is 11.3 Å². The Labute approximate surface area is 99.7 Å². The number of nitrogens with zero attached hydrogens (tertiary/aromatic N) is 3. The van der Waals surface area contributed by atoms with Gasteiger partial charge in [-0.05, 0) is 25.3 Å². The Morgan fingerprint density at radius 2 is 2.31 bits per heavy atom. The smallest absolute Gasteiger partial charge is 0.201 e. The highest BCUT2D eigenvalue weighted by atomic mass is 32.1. The summed E-state index contributed by atoms with van der Waals surface area (Å²) in [7, 11) is 2.04. The molecular weight excluding hydrogens is 220 g/mol. The molecule has 2 heterocycles. The summed E-state index contributed by atoms with van der Waals surface area (Å²) >= 11 is 1.76. The second-order valence-electron chi connectivity index (χ2n) is 3.86. The molecular formula is C11H16N4S. The monoisotopic (exact) mass is 236 g/mol. The minimum atomic E-state index is 0.0158. The van der Waals surface area contributed by atoms with Crippen LogP contribution in [0.4, 0.5) is 0 Å². The topological polar surface area (TPSA) is 40.0 Å². The van der Waals surface area contributed by atoms with Gasteiger partial charge in [0.15, 0.2) is 0 Å². The largest absolute Gasteiger partial charge is 0.341 e. The van der Waals surface area contributed by atoms with Crippen LogP contribution < -0.4 is 5.32 Å². The number of aliphatic imine (C=N–C) groups is 2. The van der Waals surface area contributed by atoms with Gasteiger partial charge in [-0.2, -0.15) is 0 Å². The predicted octanol–water partition coefficient (Wildman–Crippen LogP) is 1.90. The van der Waals surface area contributed by atoms with Crippen molar-refractivity contribution in [1.29, 1.82) is 0 Å². The fourth-order valence-corrected chi connectivity index (χ4v) is 2.37. The van der Waals surface area contributed by atoms with E-state index in [0.717, 1.165) is 18.3 Å². The molecule has 0 bridgehead atoms. The van der Waals surface area contributed by atoms with Crippen LogP contribution in [0.25, 0.3) is 0 Å². The van der Waals surface area contributed by atoms with Crippen molar-refractivity contribution in [2.75, 3.05) is 7.05 Å². The maximum absolute atomic E-state index is 4.46. The molecule has 0 amide bonds. The quantitative estimate of drug-likeness (QED) is 0.852. The fourth-order valence-electron chi connectivity index (χ4n) is 1.62. The first-order valence-corrected chi connectivity index (χ1v) is 6.16. The zero-order chi connectivity index (χ0) is 11.5. The van der Waals surface area contributed by atoms with Crippen LogP contribution in [0, 0.1) is 0 Å². The first-order chi connectivity index (χ1) is 7.65. The van der Waals surface area contributed by atoms with Crippen LogP contribution in [0.1, 0.15) is 18.7 Å². The summed E-state index contributed by atoms with van der Waals surface area (Å²) in [5.41, 5.74) is 0. The molecule has 0 aliphatic carbocycles. The Hall–Kier alpha value is -1.36. The van der Waals surface area contributed by atoms with Crippen LogP contribution >= 0.6 is 11.3 Å². The number of thiophene rings is 1. The highest BCUT2D eigenvalue weighted by molar-refractivity contribution is 7.09. The molecule has 0 saturated heterocycles. The third-order valence-corrected chi connectivity index (χ3v) is 3.18. The number of amidine groups is 1. The molecule has 4 nitrogen and oxygen atoms in total. The van der Waals surface area contributed by atoms with Crippen molar-refractivity contribution in [2.45, 2.75) is 26.6 Å². The van der Waals surface area contributed by atoms with E-state index >= 15 is 0 Å². The zero-order valence-corrected chi connectivity index (χ0v) is 10.6. The molecule has 1 aliphatic heterocycles. The van der Waals surface area contributed by atoms with E-state index in [0.29, 0.717) is 0 Å². The fraction of sp³-hybridized carbons (Fsp3) is 0.455. The minimum absolute atomic E-state index is 0.0158. The SMILES string of the molecule is CC1=NC(C)N=C(N(C)Cc2cccs2)N1. The Kier molecular flexibility index (Phi) is 3.24. The molecule has 1 aliphatic rings. The average molecular weight is 236 g/mol. The lowest BCUT2D eigenvalue weighted by Gasteiger charge is -2.25. The molecule has 2 rings (SSSR count). The van der Waals surface area contributed by atoms with Gasteiger partial charge < -0.3 is 10.2 Å². The average Bonchev–Trinajstić information content (AvgIpc) is 2.68. The van der Waals surface area contributed by atoms with Crippen molar-refractivity contribution in [3.8, 4) is 0 Å². The molecule has 1 unspecified atom stereocenters. The van der Waals surface area contributed by atoms with Gasteiger partial charge in [0.2, 0.25) is 5.96 Å². The van der Waals surface area contributed by atoms with Crippen LogP contribution in [-0.2, 0) is 6.54 Å². The van der Waals surface area contributed by atoms with Gasteiger partial charge in [0.25, 0.3) is 0 Å². The van der Waals surface area contributed by atoms with Gasteiger partial charge in [0.1, 0.15) is 12.0 Å². The Morgan fingerprint density at radius 3 is 2.94 bits per heavy atom. The Bertz CT molecular complexity index is 408. The lowest BCUT2D eigenvalue weighted by molar-refractivity contribution is 0.483. The number of hydrogen-bond donors (Lipinski definition) is 1. The maximum atomic E-state index is 4.46. The predicted molar refractivity (Wildman–Crippen MR) is 68.9 cm³/mol. The van der Waals surface area contributed by atoms with Crippen LogP contribution in [0.2, 0.25) is 0 Å². The van der Waals surface area contributed by atoms with E-state index < -0.39 is 0 Å². The van der Waals surface area contributed by atoms with E-state index in [1.807, 2.05) is 20.9 Å². The normalized spacial score (nSPS) is 19.8. The molecule has 1 atom stereocenters. The van der Waals surface area contributed by atoms with Gasteiger partial charge in [0, 0.05) is 11.9 Å². The van der Waals surface area contributed by atoms with Gasteiger partial charge >= 0.3 is 0 Å². The summed E-state index contributed by atoms with van der Waals surface area (Å²) in [6, 6.07) is 4.20. The molecule has 0 aromatic carbocycles. The van der Waals surface area contributed by atoms with E-state index in [4.69, 9.17) is 0 Å². The zero-order valence-electron chi connectivity index (χ0n) is 9.77. The summed E-state index contributed by atoms with van der Waals surface area (Å²) in [6.45, 7) is 4.83. The lowest BCUT2D eigenvalue weighted by Crippen LogP contribution is -2.44. The molecule has 86 valence electrons. The first kappa shape index (κ1) is 11.1. The summed E-state index contributed by atoms with van der Waals surface area (Å²) in [4.78, 5) is 12.2. The van der Waals surface area contributed by atoms with E-state index in [9.17, 15) is 0 Å². The molecule has 1 N–H and O–H groups in total. The second-order valence-corrected chi connectivity index (χ2v) is 4.89. The van der Waals surface area contributed by atoms with Crippen LogP contribution in [0.3, 0.4) is 0 Å². The molecule has 0 fully saturated rings. The standard InChI is InChI=1S/C11H16N4S/c1-8-12-9(2)14-11(13-8)15(3)7-10-5-4-6-16-10/h4-6,8H,7H2,1-3H3,(H,12,13,14). The van der Waals surface area contributed by atoms with Crippen molar-refractivity contribution < 1.29 is 0 Å². The minimum Gasteiger partial charge on any atom is -0.341 e. The van der Waals surface area contributed by atoms with Gasteiger partial charge in [-0.25, -0.2) is 9.98 Å². The molecule has 1 aromatic rings. The molecule has 1 aromatic heterocycles. The van der Waals surface area contributed by atoms with E-state index in [2.05, 4.69) is 37.7 Å². The molecule has 0 spiro atoms. The highest BCUT2D eigenvalue weighted by Gasteiger charge is 2.14. The van der Waals surface area contributed by atoms with Gasteiger partial charge in [-0.1, -0.05) is 6.07 Å². The van der Waals surface area contributed by atoms with Crippen molar-refractivity contribution in [3.63, 3.8) is 0 Å². The van der Waals surface area contributed by atoms with Crippen molar-refractivity contribution >= 4 is 23.1 Å². The third-order valence-electron chi connectivity index (χ3n) is 2.32. The van der Waals surface area contributed by atoms with Gasteiger partial charge in [0.05, 0.1) is 6.54 Å². The summed E-state index contributed by atoms with van der Waals surface area (Å²) < 4.78 is 0. The van der Waals surface area contributed by atoms with Gasteiger partial charge in [-0.15, -0.1) is 11.3 Å². The third kappa shape index (κ3) is 2.61. The molecule has 16 heavy (non-hydrogen) atoms. The number of hydrogen-bond acceptors (Lipinski definition) is 5. The van der Waals surface area contributed by atoms with Crippen molar-refractivity contribution in [1.82, 2.24) is 10.2 Å². The highest BCUT2D eigenvalue weighted by Crippen LogP contribution is 2.11. The first-order valence-electron chi connectivity index (χ1n) is 5.28. The van der Waals surface area contributed by atoms with Crippen LogP contribution in [0.5, 0.6) is 0 Å². The summed E-state index contributed by atoms with van der Waals surface area (Å²) in [6.07, 6.45) is 0.0158. The lowest BCUT2D eigenvalue weighted by atomic mass is 10.4. The van der Waals surface area contributed by atoms with Crippen molar-refractivity contribution in [3.05, 3.63) is 22.4 Å². The Balaban J connectivity index is 2.02. The van der Waals surface area contributed by atoms with Crippen LogP contribution in [0.15, 0.2) is 27.5 Å². The Morgan fingerprint density at radius 1 is 1.50 bits per heavy atom. The molecule has 5 heteroatoms. The molecule has 0 radical (unpaired) electrons. The molecule has 0 saturated carbocycles. The van der Waals surface area contributed by atoms with Crippen LogP contribution in [-0.4, -0.2) is 29.9 Å². The summed E-state index contributed by atoms with van der Waals surface area (Å²) in [5, 5.41) is 5.28. The summed E-state index contributed by atoms with van der Waals surface area (Å²) in [5.74, 6) is 1.82. The number of nitrogens with one attached hydrogen (secondary N) is 1.